The molecule has 90 valence electrons. The highest BCUT2D eigenvalue weighted by Crippen LogP contribution is 2.48. The monoisotopic (exact) mass is 225 g/mol. The number of likely N-dealkylation sites (tertiary alicyclic amines) is 1. The molecule has 4 nitrogen and oxygen atoms in total. The average Bonchev–Trinajstić information content (AvgIpc) is 2.88. The van der Waals surface area contributed by atoms with Crippen molar-refractivity contribution in [2.24, 2.45) is 11.3 Å². The Bertz CT molecular complexity index is 320. The normalized spacial score (nSPS) is 27.2. The number of nitrogens with zero attached hydrogens (tertiary/aromatic N) is 1. The highest BCUT2D eigenvalue weighted by atomic mass is 16.4. The molecule has 1 saturated heterocycles. The standard InChI is InChI=1S/C12H19NO3/c1-8(2)9-4-3-7-13(9)10(14)12(5-6-12)11(15)16/h8-9H,3-7H2,1-2H3,(H,15,16). The maximum Gasteiger partial charge on any atom is 0.319 e. The van der Waals surface area contributed by atoms with Crippen LogP contribution in [-0.2, 0) is 9.59 Å². The number of carboxylic acids is 1. The van der Waals surface area contributed by atoms with Crippen molar-refractivity contribution in [3.63, 3.8) is 0 Å². The first kappa shape index (κ1) is 11.4. The van der Waals surface area contributed by atoms with E-state index in [4.69, 9.17) is 5.11 Å². The molecule has 0 spiro atoms. The van der Waals surface area contributed by atoms with Gasteiger partial charge in [-0.2, -0.15) is 0 Å². The molecule has 2 aliphatic rings. The third kappa shape index (κ3) is 1.60. The second-order valence-electron chi connectivity index (χ2n) is 5.34. The molecule has 1 saturated carbocycles. The van der Waals surface area contributed by atoms with Crippen LogP contribution in [-0.4, -0.2) is 34.5 Å². The van der Waals surface area contributed by atoms with Gasteiger partial charge in [0.05, 0.1) is 0 Å². The summed E-state index contributed by atoms with van der Waals surface area (Å²) >= 11 is 0. The quantitative estimate of drug-likeness (QED) is 0.740. The van der Waals surface area contributed by atoms with Gasteiger partial charge in [0, 0.05) is 12.6 Å². The smallest absolute Gasteiger partial charge is 0.319 e. The zero-order valence-corrected chi connectivity index (χ0v) is 9.90. The molecule has 0 bridgehead atoms. The Balaban J connectivity index is 2.13. The third-order valence-electron chi connectivity index (χ3n) is 3.90. The van der Waals surface area contributed by atoms with Crippen molar-refractivity contribution in [3.8, 4) is 0 Å². The van der Waals surface area contributed by atoms with Crippen molar-refractivity contribution < 1.29 is 14.7 Å². The Labute approximate surface area is 95.6 Å². The summed E-state index contributed by atoms with van der Waals surface area (Å²) in [6, 6.07) is 0.240. The van der Waals surface area contributed by atoms with E-state index >= 15 is 0 Å². The fourth-order valence-electron chi connectivity index (χ4n) is 2.66. The van der Waals surface area contributed by atoms with Gasteiger partial charge < -0.3 is 10.0 Å². The van der Waals surface area contributed by atoms with Gasteiger partial charge in [-0.15, -0.1) is 0 Å². The van der Waals surface area contributed by atoms with Gasteiger partial charge in [-0.3, -0.25) is 9.59 Å². The summed E-state index contributed by atoms with van der Waals surface area (Å²) in [6.45, 7) is 4.92. The van der Waals surface area contributed by atoms with Crippen LogP contribution in [0.25, 0.3) is 0 Å². The summed E-state index contributed by atoms with van der Waals surface area (Å²) < 4.78 is 0. The number of rotatable bonds is 3. The van der Waals surface area contributed by atoms with Crippen molar-refractivity contribution in [2.75, 3.05) is 6.54 Å². The second-order valence-corrected chi connectivity index (χ2v) is 5.34. The average molecular weight is 225 g/mol. The van der Waals surface area contributed by atoms with Crippen LogP contribution in [0, 0.1) is 11.3 Å². The van der Waals surface area contributed by atoms with Gasteiger partial charge >= 0.3 is 5.97 Å². The van der Waals surface area contributed by atoms with Crippen molar-refractivity contribution >= 4 is 11.9 Å². The first-order valence-electron chi connectivity index (χ1n) is 6.03. The Morgan fingerprint density at radius 3 is 2.44 bits per heavy atom. The molecule has 1 amide bonds. The van der Waals surface area contributed by atoms with Crippen LogP contribution in [0.1, 0.15) is 39.5 Å². The fourth-order valence-corrected chi connectivity index (χ4v) is 2.66. The molecule has 1 N–H and O–H groups in total. The van der Waals surface area contributed by atoms with Gasteiger partial charge in [-0.1, -0.05) is 13.8 Å². The van der Waals surface area contributed by atoms with Gasteiger partial charge in [0.1, 0.15) is 5.41 Å². The SMILES string of the molecule is CC(C)C1CCCN1C(=O)C1(C(=O)O)CC1. The van der Waals surface area contributed by atoms with Gasteiger partial charge in [-0.25, -0.2) is 0 Å². The Kier molecular flexibility index (Phi) is 2.68. The van der Waals surface area contributed by atoms with Crippen molar-refractivity contribution in [3.05, 3.63) is 0 Å². The molecule has 4 heteroatoms. The zero-order chi connectivity index (χ0) is 11.9. The number of hydrogen-bond donors (Lipinski definition) is 1. The van der Waals surface area contributed by atoms with E-state index in [1.165, 1.54) is 0 Å². The van der Waals surface area contributed by atoms with Crippen LogP contribution in [0.15, 0.2) is 0 Å². The van der Waals surface area contributed by atoms with Crippen LogP contribution in [0.2, 0.25) is 0 Å². The highest BCUT2D eigenvalue weighted by molar-refractivity contribution is 6.05. The van der Waals surface area contributed by atoms with Crippen LogP contribution in [0.3, 0.4) is 0 Å². The number of hydrogen-bond acceptors (Lipinski definition) is 2. The first-order valence-corrected chi connectivity index (χ1v) is 6.03. The third-order valence-corrected chi connectivity index (χ3v) is 3.90. The largest absolute Gasteiger partial charge is 0.480 e. The van der Waals surface area contributed by atoms with Gasteiger partial charge in [-0.05, 0) is 31.6 Å². The lowest BCUT2D eigenvalue weighted by molar-refractivity contribution is -0.154. The Morgan fingerprint density at radius 2 is 2.00 bits per heavy atom. The molecule has 0 aromatic carbocycles. The molecule has 2 rings (SSSR count). The lowest BCUT2D eigenvalue weighted by Crippen LogP contribution is -2.45. The summed E-state index contributed by atoms with van der Waals surface area (Å²) in [5.41, 5.74) is -1.06. The molecule has 1 heterocycles. The lowest BCUT2D eigenvalue weighted by atomic mass is 9.99. The topological polar surface area (TPSA) is 57.6 Å². The first-order chi connectivity index (χ1) is 7.49. The van der Waals surface area contributed by atoms with Crippen LogP contribution >= 0.6 is 0 Å². The molecule has 2 fully saturated rings. The van der Waals surface area contributed by atoms with E-state index in [1.54, 1.807) is 0 Å². The van der Waals surface area contributed by atoms with Gasteiger partial charge in [0.2, 0.25) is 5.91 Å². The summed E-state index contributed by atoms with van der Waals surface area (Å²) in [4.78, 5) is 25.2. The molecule has 1 aliphatic heterocycles. The fraction of sp³-hybridized carbons (Fsp3) is 0.833. The highest BCUT2D eigenvalue weighted by Gasteiger charge is 2.59. The van der Waals surface area contributed by atoms with E-state index < -0.39 is 11.4 Å². The van der Waals surface area contributed by atoms with E-state index in [1.807, 2.05) is 4.90 Å². The maximum atomic E-state index is 12.2. The number of carbonyl (C=O) groups is 2. The number of carbonyl (C=O) groups excluding carboxylic acids is 1. The molecule has 1 aliphatic carbocycles. The lowest BCUT2D eigenvalue weighted by Gasteiger charge is -2.29. The van der Waals surface area contributed by atoms with E-state index in [2.05, 4.69) is 13.8 Å². The maximum absolute atomic E-state index is 12.2. The van der Waals surface area contributed by atoms with Gasteiger partial charge in [0.25, 0.3) is 0 Å². The van der Waals surface area contributed by atoms with E-state index in [0.717, 1.165) is 19.4 Å². The molecule has 1 unspecified atom stereocenters. The predicted octanol–water partition coefficient (Wildman–Crippen LogP) is 1.50. The molecule has 0 aromatic heterocycles. The predicted molar refractivity (Wildman–Crippen MR) is 58.9 cm³/mol. The summed E-state index contributed by atoms with van der Waals surface area (Å²) in [5.74, 6) is -0.667. The Hall–Kier alpha value is -1.06. The molecule has 1 atom stereocenters. The molecule has 0 aromatic rings. The number of aliphatic carboxylic acids is 1. The van der Waals surface area contributed by atoms with Crippen molar-refractivity contribution in [2.45, 2.75) is 45.6 Å². The van der Waals surface area contributed by atoms with Crippen molar-refractivity contribution in [1.29, 1.82) is 0 Å². The molecular weight excluding hydrogens is 206 g/mol. The van der Waals surface area contributed by atoms with E-state index in [0.29, 0.717) is 18.8 Å². The minimum Gasteiger partial charge on any atom is -0.480 e. The summed E-state index contributed by atoms with van der Waals surface area (Å²) in [7, 11) is 0. The van der Waals surface area contributed by atoms with E-state index in [-0.39, 0.29) is 11.9 Å². The van der Waals surface area contributed by atoms with Crippen LogP contribution in [0.5, 0.6) is 0 Å². The van der Waals surface area contributed by atoms with Crippen molar-refractivity contribution in [1.82, 2.24) is 4.90 Å². The summed E-state index contributed by atoms with van der Waals surface area (Å²) in [6.07, 6.45) is 3.05. The van der Waals surface area contributed by atoms with E-state index in [9.17, 15) is 9.59 Å². The number of amides is 1. The minimum absolute atomic E-state index is 0.142. The minimum atomic E-state index is -1.06. The second kappa shape index (κ2) is 3.75. The summed E-state index contributed by atoms with van der Waals surface area (Å²) in [5, 5.41) is 9.11. The molecule has 16 heavy (non-hydrogen) atoms. The van der Waals surface area contributed by atoms with Crippen LogP contribution < -0.4 is 0 Å². The molecule has 0 radical (unpaired) electrons. The zero-order valence-electron chi connectivity index (χ0n) is 9.90. The Morgan fingerprint density at radius 1 is 1.38 bits per heavy atom. The number of carboxylic acid groups (broad SMARTS) is 1. The van der Waals surface area contributed by atoms with Crippen LogP contribution in [0.4, 0.5) is 0 Å². The van der Waals surface area contributed by atoms with Gasteiger partial charge in [0.15, 0.2) is 0 Å². The molecular formula is C12H19NO3.